The SMILES string of the molecule is O=C(C1CCCCCC1)N1CCOCC1CBr. The first kappa shape index (κ1) is 13.3. The zero-order valence-corrected chi connectivity index (χ0v) is 12.0. The van der Waals surface area contributed by atoms with Gasteiger partial charge in [-0.05, 0) is 12.8 Å². The van der Waals surface area contributed by atoms with Gasteiger partial charge in [-0.15, -0.1) is 0 Å². The summed E-state index contributed by atoms with van der Waals surface area (Å²) in [6, 6.07) is 0.236. The molecule has 0 radical (unpaired) electrons. The maximum Gasteiger partial charge on any atom is 0.226 e. The molecule has 0 spiro atoms. The Balaban J connectivity index is 1.96. The Bertz CT molecular complexity index is 252. The van der Waals surface area contributed by atoms with Crippen molar-refractivity contribution >= 4 is 21.8 Å². The highest BCUT2D eigenvalue weighted by Crippen LogP contribution is 2.26. The van der Waals surface area contributed by atoms with Crippen molar-refractivity contribution < 1.29 is 9.53 Å². The first-order valence-electron chi connectivity index (χ1n) is 6.77. The standard InChI is InChI=1S/C13H22BrNO2/c14-9-12-10-17-8-7-15(12)13(16)11-5-3-1-2-4-6-11/h11-12H,1-10H2. The Morgan fingerprint density at radius 2 is 1.94 bits per heavy atom. The lowest BCUT2D eigenvalue weighted by molar-refractivity contribution is -0.143. The molecular formula is C13H22BrNO2. The van der Waals surface area contributed by atoms with Gasteiger partial charge in [-0.1, -0.05) is 41.6 Å². The van der Waals surface area contributed by atoms with Gasteiger partial charge in [0.2, 0.25) is 5.91 Å². The number of halogens is 1. The lowest BCUT2D eigenvalue weighted by Crippen LogP contribution is -2.51. The van der Waals surface area contributed by atoms with Crippen molar-refractivity contribution in [1.29, 1.82) is 0 Å². The van der Waals surface area contributed by atoms with E-state index in [9.17, 15) is 4.79 Å². The van der Waals surface area contributed by atoms with Crippen molar-refractivity contribution in [1.82, 2.24) is 4.90 Å². The van der Waals surface area contributed by atoms with Gasteiger partial charge in [0.15, 0.2) is 0 Å². The van der Waals surface area contributed by atoms with Crippen LogP contribution in [0.15, 0.2) is 0 Å². The van der Waals surface area contributed by atoms with Crippen LogP contribution in [0.25, 0.3) is 0 Å². The predicted octanol–water partition coefficient (Wildman–Crippen LogP) is 2.58. The van der Waals surface area contributed by atoms with Crippen molar-refractivity contribution in [2.45, 2.75) is 44.6 Å². The predicted molar refractivity (Wildman–Crippen MR) is 71.3 cm³/mol. The van der Waals surface area contributed by atoms with Crippen LogP contribution in [0.4, 0.5) is 0 Å². The van der Waals surface area contributed by atoms with Crippen LogP contribution >= 0.6 is 15.9 Å². The van der Waals surface area contributed by atoms with Crippen LogP contribution in [-0.4, -0.2) is 41.9 Å². The summed E-state index contributed by atoms with van der Waals surface area (Å²) in [6.07, 6.45) is 7.22. The van der Waals surface area contributed by atoms with Crippen molar-refractivity contribution in [3.8, 4) is 0 Å². The molecule has 0 bridgehead atoms. The molecule has 1 saturated carbocycles. The minimum atomic E-state index is 0.236. The minimum Gasteiger partial charge on any atom is -0.377 e. The van der Waals surface area contributed by atoms with Crippen LogP contribution < -0.4 is 0 Å². The molecule has 0 aromatic rings. The smallest absolute Gasteiger partial charge is 0.226 e. The number of amides is 1. The second-order valence-corrected chi connectivity index (χ2v) is 5.75. The zero-order valence-electron chi connectivity index (χ0n) is 10.4. The lowest BCUT2D eigenvalue weighted by Gasteiger charge is -2.36. The lowest BCUT2D eigenvalue weighted by atomic mass is 9.98. The van der Waals surface area contributed by atoms with Crippen LogP contribution in [-0.2, 0) is 9.53 Å². The summed E-state index contributed by atoms with van der Waals surface area (Å²) in [5.74, 6) is 0.650. The first-order valence-corrected chi connectivity index (χ1v) is 7.89. The first-order chi connectivity index (χ1) is 8.33. The van der Waals surface area contributed by atoms with E-state index in [2.05, 4.69) is 15.9 Å². The maximum atomic E-state index is 12.5. The largest absolute Gasteiger partial charge is 0.377 e. The van der Waals surface area contributed by atoms with E-state index in [-0.39, 0.29) is 12.0 Å². The molecule has 1 saturated heterocycles. The van der Waals surface area contributed by atoms with Gasteiger partial charge in [0.1, 0.15) is 0 Å². The van der Waals surface area contributed by atoms with E-state index in [1.807, 2.05) is 4.90 Å². The number of ether oxygens (including phenoxy) is 1. The molecule has 2 rings (SSSR count). The molecule has 0 aromatic heterocycles. The summed E-state index contributed by atoms with van der Waals surface area (Å²) in [5.41, 5.74) is 0. The third-order valence-electron chi connectivity index (χ3n) is 3.89. The molecule has 0 aromatic carbocycles. The van der Waals surface area contributed by atoms with Gasteiger partial charge >= 0.3 is 0 Å². The van der Waals surface area contributed by atoms with E-state index in [1.54, 1.807) is 0 Å². The second kappa shape index (κ2) is 6.74. The van der Waals surface area contributed by atoms with E-state index >= 15 is 0 Å². The number of carbonyl (C=O) groups excluding carboxylic acids is 1. The molecule has 2 aliphatic rings. The molecule has 1 heterocycles. The van der Waals surface area contributed by atoms with Gasteiger partial charge in [-0.25, -0.2) is 0 Å². The van der Waals surface area contributed by atoms with Gasteiger partial charge in [0.05, 0.1) is 19.3 Å². The number of nitrogens with zero attached hydrogens (tertiary/aromatic N) is 1. The summed E-state index contributed by atoms with van der Waals surface area (Å²) in [7, 11) is 0. The van der Waals surface area contributed by atoms with E-state index in [0.717, 1.165) is 24.7 Å². The Hall–Kier alpha value is -0.0900. The van der Waals surface area contributed by atoms with Gasteiger partial charge in [-0.2, -0.15) is 0 Å². The third-order valence-corrected chi connectivity index (χ3v) is 4.64. The normalized spacial score (nSPS) is 27.8. The van der Waals surface area contributed by atoms with Crippen LogP contribution in [0, 0.1) is 5.92 Å². The Kier molecular flexibility index (Phi) is 5.29. The molecule has 1 unspecified atom stereocenters. The average Bonchev–Trinajstić information content (AvgIpc) is 2.66. The quantitative estimate of drug-likeness (QED) is 0.580. The van der Waals surface area contributed by atoms with Crippen molar-refractivity contribution in [3.63, 3.8) is 0 Å². The Morgan fingerprint density at radius 1 is 1.24 bits per heavy atom. The van der Waals surface area contributed by atoms with Gasteiger partial charge in [0, 0.05) is 17.8 Å². The van der Waals surface area contributed by atoms with E-state index in [4.69, 9.17) is 4.74 Å². The van der Waals surface area contributed by atoms with Crippen LogP contribution in [0.5, 0.6) is 0 Å². The van der Waals surface area contributed by atoms with E-state index < -0.39 is 0 Å². The molecular weight excluding hydrogens is 282 g/mol. The molecule has 1 atom stereocenters. The molecule has 98 valence electrons. The molecule has 3 nitrogen and oxygen atoms in total. The number of hydrogen-bond donors (Lipinski definition) is 0. The summed E-state index contributed by atoms with van der Waals surface area (Å²) >= 11 is 3.49. The Morgan fingerprint density at radius 3 is 2.59 bits per heavy atom. The number of rotatable bonds is 2. The van der Waals surface area contributed by atoms with Gasteiger partial charge < -0.3 is 9.64 Å². The monoisotopic (exact) mass is 303 g/mol. The third kappa shape index (κ3) is 3.44. The highest BCUT2D eigenvalue weighted by Gasteiger charge is 2.31. The van der Waals surface area contributed by atoms with E-state index in [1.165, 1.54) is 25.7 Å². The van der Waals surface area contributed by atoms with Gasteiger partial charge in [0.25, 0.3) is 0 Å². The molecule has 1 aliphatic carbocycles. The van der Waals surface area contributed by atoms with Crippen molar-refractivity contribution in [2.24, 2.45) is 5.92 Å². The zero-order chi connectivity index (χ0) is 12.1. The summed E-state index contributed by atoms with van der Waals surface area (Å²) < 4.78 is 5.44. The number of carbonyl (C=O) groups is 1. The van der Waals surface area contributed by atoms with E-state index in [0.29, 0.717) is 19.1 Å². The fraction of sp³-hybridized carbons (Fsp3) is 0.923. The van der Waals surface area contributed by atoms with Crippen molar-refractivity contribution in [2.75, 3.05) is 25.1 Å². The number of hydrogen-bond acceptors (Lipinski definition) is 2. The van der Waals surface area contributed by atoms with Crippen LogP contribution in [0.2, 0.25) is 0 Å². The molecule has 17 heavy (non-hydrogen) atoms. The Labute approximate surface area is 112 Å². The second-order valence-electron chi connectivity index (χ2n) is 5.10. The molecule has 2 fully saturated rings. The average molecular weight is 304 g/mol. The highest BCUT2D eigenvalue weighted by atomic mass is 79.9. The fourth-order valence-electron chi connectivity index (χ4n) is 2.83. The number of morpholine rings is 1. The van der Waals surface area contributed by atoms with Crippen LogP contribution in [0.3, 0.4) is 0 Å². The molecule has 1 aliphatic heterocycles. The van der Waals surface area contributed by atoms with Crippen molar-refractivity contribution in [3.05, 3.63) is 0 Å². The minimum absolute atomic E-state index is 0.236. The number of alkyl halides is 1. The van der Waals surface area contributed by atoms with Crippen LogP contribution in [0.1, 0.15) is 38.5 Å². The highest BCUT2D eigenvalue weighted by molar-refractivity contribution is 9.09. The summed E-state index contributed by atoms with van der Waals surface area (Å²) in [5, 5.41) is 0.825. The fourth-order valence-corrected chi connectivity index (χ4v) is 3.37. The molecule has 1 amide bonds. The molecule has 4 heteroatoms. The topological polar surface area (TPSA) is 29.5 Å². The summed E-state index contributed by atoms with van der Waals surface area (Å²) in [4.78, 5) is 14.6. The summed E-state index contributed by atoms with van der Waals surface area (Å²) in [6.45, 7) is 2.15. The van der Waals surface area contributed by atoms with Gasteiger partial charge in [-0.3, -0.25) is 4.79 Å². The maximum absolute atomic E-state index is 12.5. The molecule has 0 N–H and O–H groups in total.